The summed E-state index contributed by atoms with van der Waals surface area (Å²) in [5.41, 5.74) is 0.513. The molecule has 0 aliphatic rings. The van der Waals surface area contributed by atoms with E-state index < -0.39 is 15.8 Å². The van der Waals surface area contributed by atoms with E-state index in [1.807, 2.05) is 17.5 Å². The van der Waals surface area contributed by atoms with Crippen LogP contribution in [0.1, 0.15) is 15.2 Å². The van der Waals surface area contributed by atoms with Gasteiger partial charge in [-0.15, -0.1) is 11.3 Å². The van der Waals surface area contributed by atoms with Crippen molar-refractivity contribution in [3.05, 3.63) is 82.3 Å². The molecular formula is C19H17FN2O3S2. The van der Waals surface area contributed by atoms with Crippen LogP contribution in [0.4, 0.5) is 10.1 Å². The molecule has 0 fully saturated rings. The highest BCUT2D eigenvalue weighted by Crippen LogP contribution is 2.19. The van der Waals surface area contributed by atoms with Crippen LogP contribution in [0.2, 0.25) is 0 Å². The Hall–Kier alpha value is -2.71. The van der Waals surface area contributed by atoms with Gasteiger partial charge in [-0.05, 0) is 53.9 Å². The number of hydrogen-bond acceptors (Lipinski definition) is 4. The molecule has 1 amide bonds. The van der Waals surface area contributed by atoms with Crippen molar-refractivity contribution in [2.45, 2.75) is 11.4 Å². The summed E-state index contributed by atoms with van der Waals surface area (Å²) in [4.78, 5) is 15.1. The van der Waals surface area contributed by atoms with Crippen LogP contribution >= 0.6 is 11.3 Å². The predicted octanol–water partition coefficient (Wildman–Crippen LogP) is 3.96. The highest BCUT2D eigenvalue weighted by molar-refractivity contribution is 7.92. The van der Waals surface area contributed by atoms with Gasteiger partial charge in [0.05, 0.1) is 11.4 Å². The summed E-state index contributed by atoms with van der Waals surface area (Å²) in [5, 5.41) is 1.93. The summed E-state index contributed by atoms with van der Waals surface area (Å²) in [5.74, 6) is -0.735. The van der Waals surface area contributed by atoms with Gasteiger partial charge < -0.3 is 4.90 Å². The van der Waals surface area contributed by atoms with Gasteiger partial charge in [-0.3, -0.25) is 9.52 Å². The molecule has 0 saturated heterocycles. The van der Waals surface area contributed by atoms with Gasteiger partial charge in [-0.25, -0.2) is 12.8 Å². The fraction of sp³-hybridized carbons (Fsp3) is 0.105. The lowest BCUT2D eigenvalue weighted by molar-refractivity contribution is 0.0786. The molecule has 0 radical (unpaired) electrons. The van der Waals surface area contributed by atoms with E-state index >= 15 is 0 Å². The number of carbonyl (C=O) groups excluding carboxylic acids is 1. The van der Waals surface area contributed by atoms with E-state index in [0.717, 1.165) is 17.0 Å². The third kappa shape index (κ3) is 4.72. The molecule has 1 aromatic heterocycles. The number of rotatable bonds is 6. The molecule has 8 heteroatoms. The Bertz CT molecular complexity index is 1030. The molecule has 3 aromatic rings. The standard InChI is InChI=1S/C19H17FN2O3S2/c1-22(13-17-5-3-11-26-17)19(23)14-4-2-6-18(12-14)27(24,25)21-16-9-7-15(20)8-10-16/h2-12,21H,13H2,1H3. The minimum atomic E-state index is -3.90. The van der Waals surface area contributed by atoms with Crippen molar-refractivity contribution >= 4 is 33.0 Å². The number of anilines is 1. The number of amides is 1. The molecule has 2 aromatic carbocycles. The summed E-state index contributed by atoms with van der Waals surface area (Å²) in [7, 11) is -2.23. The molecule has 1 N–H and O–H groups in total. The van der Waals surface area contributed by atoms with Crippen LogP contribution in [0.25, 0.3) is 0 Å². The molecule has 0 unspecified atom stereocenters. The maximum Gasteiger partial charge on any atom is 0.261 e. The second kappa shape index (κ2) is 7.89. The highest BCUT2D eigenvalue weighted by Gasteiger charge is 2.18. The third-order valence-electron chi connectivity index (χ3n) is 3.81. The van der Waals surface area contributed by atoms with Crippen LogP contribution in [-0.4, -0.2) is 26.3 Å². The summed E-state index contributed by atoms with van der Waals surface area (Å²) in [6.07, 6.45) is 0. The molecule has 0 aliphatic heterocycles. The Kier molecular flexibility index (Phi) is 5.57. The molecule has 5 nitrogen and oxygen atoms in total. The monoisotopic (exact) mass is 404 g/mol. The predicted molar refractivity (Wildman–Crippen MR) is 104 cm³/mol. The van der Waals surface area contributed by atoms with Crippen molar-refractivity contribution in [2.75, 3.05) is 11.8 Å². The van der Waals surface area contributed by atoms with E-state index in [-0.39, 0.29) is 22.1 Å². The molecule has 0 spiro atoms. The SMILES string of the molecule is CN(Cc1cccs1)C(=O)c1cccc(S(=O)(=O)Nc2ccc(F)cc2)c1. The number of sulfonamides is 1. The zero-order valence-corrected chi connectivity index (χ0v) is 16.1. The first kappa shape index (κ1) is 19.1. The van der Waals surface area contributed by atoms with Gasteiger partial charge in [-0.1, -0.05) is 12.1 Å². The summed E-state index contributed by atoms with van der Waals surface area (Å²) < 4.78 is 40.5. The van der Waals surface area contributed by atoms with Gasteiger partial charge in [0.15, 0.2) is 0 Å². The lowest BCUT2D eigenvalue weighted by Crippen LogP contribution is -2.26. The van der Waals surface area contributed by atoms with Crippen molar-refractivity contribution in [1.82, 2.24) is 4.90 Å². The Balaban J connectivity index is 1.79. The van der Waals surface area contributed by atoms with Crippen molar-refractivity contribution in [3.8, 4) is 0 Å². The maximum atomic E-state index is 13.0. The van der Waals surface area contributed by atoms with E-state index in [1.165, 1.54) is 35.2 Å². The highest BCUT2D eigenvalue weighted by atomic mass is 32.2. The van der Waals surface area contributed by atoms with E-state index in [0.29, 0.717) is 6.54 Å². The number of halogens is 1. The van der Waals surface area contributed by atoms with E-state index in [4.69, 9.17) is 0 Å². The van der Waals surface area contributed by atoms with E-state index in [2.05, 4.69) is 4.72 Å². The van der Waals surface area contributed by atoms with Gasteiger partial charge in [0.25, 0.3) is 15.9 Å². The fourth-order valence-electron chi connectivity index (χ4n) is 2.46. The van der Waals surface area contributed by atoms with Gasteiger partial charge in [0, 0.05) is 23.2 Å². The Morgan fingerprint density at radius 2 is 1.85 bits per heavy atom. The first-order chi connectivity index (χ1) is 12.8. The molecular weight excluding hydrogens is 387 g/mol. The lowest BCUT2D eigenvalue weighted by Gasteiger charge is -2.17. The van der Waals surface area contributed by atoms with Crippen molar-refractivity contribution in [1.29, 1.82) is 0 Å². The number of carbonyl (C=O) groups is 1. The van der Waals surface area contributed by atoms with Gasteiger partial charge in [0.1, 0.15) is 5.82 Å². The van der Waals surface area contributed by atoms with Crippen molar-refractivity contribution in [2.24, 2.45) is 0 Å². The number of hydrogen-bond donors (Lipinski definition) is 1. The average molecular weight is 404 g/mol. The summed E-state index contributed by atoms with van der Waals surface area (Å²) in [6.45, 7) is 0.446. The van der Waals surface area contributed by atoms with Crippen molar-refractivity contribution < 1.29 is 17.6 Å². The largest absolute Gasteiger partial charge is 0.337 e. The van der Waals surface area contributed by atoms with Crippen LogP contribution in [0.15, 0.2) is 70.9 Å². The minimum Gasteiger partial charge on any atom is -0.337 e. The maximum absolute atomic E-state index is 13.0. The summed E-state index contributed by atoms with van der Waals surface area (Å²) in [6, 6.07) is 14.7. The Morgan fingerprint density at radius 3 is 2.52 bits per heavy atom. The van der Waals surface area contributed by atoms with Crippen LogP contribution in [0.5, 0.6) is 0 Å². The fourth-order valence-corrected chi connectivity index (χ4v) is 4.32. The third-order valence-corrected chi connectivity index (χ3v) is 6.05. The Morgan fingerprint density at radius 1 is 1.11 bits per heavy atom. The minimum absolute atomic E-state index is 0.0396. The quantitative estimate of drug-likeness (QED) is 0.676. The number of thiophene rings is 1. The molecule has 140 valence electrons. The zero-order chi connectivity index (χ0) is 19.4. The molecule has 1 heterocycles. The van der Waals surface area contributed by atoms with Gasteiger partial charge in [0.2, 0.25) is 0 Å². The van der Waals surface area contributed by atoms with Crippen molar-refractivity contribution in [3.63, 3.8) is 0 Å². The smallest absolute Gasteiger partial charge is 0.261 e. The van der Waals surface area contributed by atoms with Gasteiger partial charge in [-0.2, -0.15) is 0 Å². The molecule has 3 rings (SSSR count). The zero-order valence-electron chi connectivity index (χ0n) is 14.4. The first-order valence-electron chi connectivity index (χ1n) is 8.01. The molecule has 27 heavy (non-hydrogen) atoms. The molecule has 0 aliphatic carbocycles. The van der Waals surface area contributed by atoms with Crippen LogP contribution in [-0.2, 0) is 16.6 Å². The Labute approximate surface area is 161 Å². The van der Waals surface area contributed by atoms with Crippen LogP contribution < -0.4 is 4.72 Å². The molecule has 0 atom stereocenters. The average Bonchev–Trinajstić information content (AvgIpc) is 3.16. The number of benzene rings is 2. The number of nitrogens with one attached hydrogen (secondary N) is 1. The van der Waals surface area contributed by atoms with Gasteiger partial charge >= 0.3 is 0 Å². The second-order valence-electron chi connectivity index (χ2n) is 5.88. The van der Waals surface area contributed by atoms with E-state index in [9.17, 15) is 17.6 Å². The molecule has 0 saturated carbocycles. The number of nitrogens with zero attached hydrogens (tertiary/aromatic N) is 1. The molecule has 0 bridgehead atoms. The summed E-state index contributed by atoms with van der Waals surface area (Å²) >= 11 is 1.55. The van der Waals surface area contributed by atoms with E-state index in [1.54, 1.807) is 24.5 Å². The topological polar surface area (TPSA) is 66.5 Å². The van der Waals surface area contributed by atoms with Crippen LogP contribution in [0, 0.1) is 5.82 Å². The first-order valence-corrected chi connectivity index (χ1v) is 10.4. The lowest BCUT2D eigenvalue weighted by atomic mass is 10.2. The normalized spacial score (nSPS) is 11.2. The second-order valence-corrected chi connectivity index (χ2v) is 8.60. The van der Waals surface area contributed by atoms with Crippen LogP contribution in [0.3, 0.4) is 0 Å².